The molecule has 1 aliphatic rings. The molecule has 1 aromatic rings. The van der Waals surface area contributed by atoms with Crippen LogP contribution in [0.5, 0.6) is 0 Å². The lowest BCUT2D eigenvalue weighted by Gasteiger charge is -2.28. The maximum Gasteiger partial charge on any atom is 0.0736 e. The summed E-state index contributed by atoms with van der Waals surface area (Å²) >= 11 is 11.9. The third-order valence-electron chi connectivity index (χ3n) is 2.66. The highest BCUT2D eigenvalue weighted by molar-refractivity contribution is 6.35. The SMILES string of the molecule is N[C@H]1c2cc(Cl)cc(Cl)c2CC[C@H]1O. The average molecular weight is 232 g/mol. The molecule has 0 amide bonds. The van der Waals surface area contributed by atoms with Gasteiger partial charge in [-0.2, -0.15) is 0 Å². The second-order valence-electron chi connectivity index (χ2n) is 3.59. The Morgan fingerprint density at radius 2 is 2.07 bits per heavy atom. The molecule has 0 aliphatic heterocycles. The van der Waals surface area contributed by atoms with Gasteiger partial charge in [0, 0.05) is 10.0 Å². The van der Waals surface area contributed by atoms with E-state index in [2.05, 4.69) is 0 Å². The second-order valence-corrected chi connectivity index (χ2v) is 4.43. The Hall–Kier alpha value is -0.280. The Kier molecular flexibility index (Phi) is 2.71. The van der Waals surface area contributed by atoms with Crippen molar-refractivity contribution in [3.63, 3.8) is 0 Å². The Morgan fingerprint density at radius 1 is 1.36 bits per heavy atom. The first-order valence-electron chi connectivity index (χ1n) is 4.51. The standard InChI is InChI=1S/C10H11Cl2NO/c11-5-3-7-6(8(12)4-5)1-2-9(14)10(7)13/h3-4,9-10,14H,1-2,13H2/t9-,10+/m1/s1. The van der Waals surface area contributed by atoms with E-state index in [1.54, 1.807) is 12.1 Å². The quantitative estimate of drug-likeness (QED) is 0.720. The van der Waals surface area contributed by atoms with Crippen LogP contribution in [0.3, 0.4) is 0 Å². The predicted octanol–water partition coefficient (Wildman–Crippen LogP) is 2.30. The molecule has 14 heavy (non-hydrogen) atoms. The molecule has 2 atom stereocenters. The fraction of sp³-hybridized carbons (Fsp3) is 0.400. The summed E-state index contributed by atoms with van der Waals surface area (Å²) in [7, 11) is 0. The predicted molar refractivity (Wildman–Crippen MR) is 57.7 cm³/mol. The van der Waals surface area contributed by atoms with Crippen LogP contribution in [0.4, 0.5) is 0 Å². The van der Waals surface area contributed by atoms with Crippen molar-refractivity contribution in [3.8, 4) is 0 Å². The molecule has 0 unspecified atom stereocenters. The number of nitrogens with two attached hydrogens (primary N) is 1. The van der Waals surface area contributed by atoms with Gasteiger partial charge in [-0.1, -0.05) is 23.2 Å². The highest BCUT2D eigenvalue weighted by atomic mass is 35.5. The lowest BCUT2D eigenvalue weighted by molar-refractivity contribution is 0.128. The van der Waals surface area contributed by atoms with Crippen molar-refractivity contribution in [1.29, 1.82) is 0 Å². The topological polar surface area (TPSA) is 46.2 Å². The van der Waals surface area contributed by atoms with E-state index in [1.165, 1.54) is 0 Å². The van der Waals surface area contributed by atoms with Crippen molar-refractivity contribution in [2.45, 2.75) is 25.0 Å². The van der Waals surface area contributed by atoms with Gasteiger partial charge in [0.05, 0.1) is 12.1 Å². The molecular formula is C10H11Cl2NO. The van der Waals surface area contributed by atoms with E-state index in [-0.39, 0.29) is 6.04 Å². The Morgan fingerprint density at radius 3 is 2.79 bits per heavy atom. The van der Waals surface area contributed by atoms with Crippen molar-refractivity contribution in [2.24, 2.45) is 5.73 Å². The summed E-state index contributed by atoms with van der Waals surface area (Å²) in [6.07, 6.45) is 0.937. The van der Waals surface area contributed by atoms with E-state index < -0.39 is 6.10 Å². The summed E-state index contributed by atoms with van der Waals surface area (Å²) in [6, 6.07) is 3.14. The van der Waals surface area contributed by atoms with E-state index in [1.807, 2.05) is 0 Å². The Labute approximate surface area is 92.6 Å². The molecule has 0 fully saturated rings. The van der Waals surface area contributed by atoms with Gasteiger partial charge >= 0.3 is 0 Å². The molecular weight excluding hydrogens is 221 g/mol. The van der Waals surface area contributed by atoms with Crippen LogP contribution >= 0.6 is 23.2 Å². The molecule has 0 saturated heterocycles. The highest BCUT2D eigenvalue weighted by Crippen LogP contribution is 2.35. The van der Waals surface area contributed by atoms with Gasteiger partial charge in [0.15, 0.2) is 0 Å². The molecule has 0 spiro atoms. The normalized spacial score (nSPS) is 26.0. The zero-order valence-electron chi connectivity index (χ0n) is 7.50. The summed E-state index contributed by atoms with van der Waals surface area (Å²) in [4.78, 5) is 0. The van der Waals surface area contributed by atoms with Gasteiger partial charge in [0.25, 0.3) is 0 Å². The van der Waals surface area contributed by atoms with E-state index >= 15 is 0 Å². The number of hydrogen-bond donors (Lipinski definition) is 2. The van der Waals surface area contributed by atoms with Gasteiger partial charge in [-0.3, -0.25) is 0 Å². The fourth-order valence-corrected chi connectivity index (χ4v) is 2.47. The zero-order valence-corrected chi connectivity index (χ0v) is 9.02. The number of rotatable bonds is 0. The molecule has 1 aromatic carbocycles. The minimum Gasteiger partial charge on any atom is -0.391 e. The molecule has 0 bridgehead atoms. The lowest BCUT2D eigenvalue weighted by Crippen LogP contribution is -2.31. The number of hydrogen-bond acceptors (Lipinski definition) is 2. The maximum absolute atomic E-state index is 9.60. The maximum atomic E-state index is 9.60. The minimum absolute atomic E-state index is 0.366. The van der Waals surface area contributed by atoms with Gasteiger partial charge < -0.3 is 10.8 Å². The second kappa shape index (κ2) is 3.70. The average Bonchev–Trinajstić information content (AvgIpc) is 2.12. The number of fused-ring (bicyclic) bond motifs is 1. The van der Waals surface area contributed by atoms with Crippen molar-refractivity contribution in [2.75, 3.05) is 0 Å². The van der Waals surface area contributed by atoms with Gasteiger partial charge in [-0.15, -0.1) is 0 Å². The van der Waals surface area contributed by atoms with Crippen LogP contribution in [-0.4, -0.2) is 11.2 Å². The first-order valence-corrected chi connectivity index (χ1v) is 5.26. The molecule has 0 radical (unpaired) electrons. The minimum atomic E-state index is -0.489. The molecule has 3 N–H and O–H groups in total. The zero-order chi connectivity index (χ0) is 10.3. The van der Waals surface area contributed by atoms with E-state index in [4.69, 9.17) is 28.9 Å². The van der Waals surface area contributed by atoms with Gasteiger partial charge in [0.1, 0.15) is 0 Å². The van der Waals surface area contributed by atoms with Crippen LogP contribution < -0.4 is 5.73 Å². The largest absolute Gasteiger partial charge is 0.391 e. The van der Waals surface area contributed by atoms with E-state index in [9.17, 15) is 5.11 Å². The van der Waals surface area contributed by atoms with Crippen molar-refractivity contribution < 1.29 is 5.11 Å². The molecule has 0 aromatic heterocycles. The summed E-state index contributed by atoms with van der Waals surface area (Å²) in [5.74, 6) is 0. The molecule has 0 heterocycles. The van der Waals surface area contributed by atoms with Crippen LogP contribution in [0, 0.1) is 0 Å². The molecule has 0 saturated carbocycles. The third-order valence-corrected chi connectivity index (χ3v) is 3.21. The third kappa shape index (κ3) is 1.63. The lowest BCUT2D eigenvalue weighted by atomic mass is 9.86. The Balaban J connectivity index is 2.54. The smallest absolute Gasteiger partial charge is 0.0736 e. The van der Waals surface area contributed by atoms with Crippen molar-refractivity contribution >= 4 is 23.2 Å². The molecule has 76 valence electrons. The number of benzene rings is 1. The molecule has 2 nitrogen and oxygen atoms in total. The van der Waals surface area contributed by atoms with Crippen LogP contribution in [0.1, 0.15) is 23.6 Å². The summed E-state index contributed by atoms with van der Waals surface area (Å²) < 4.78 is 0. The summed E-state index contributed by atoms with van der Waals surface area (Å²) in [6.45, 7) is 0. The van der Waals surface area contributed by atoms with Gasteiger partial charge in [-0.25, -0.2) is 0 Å². The van der Waals surface area contributed by atoms with Gasteiger partial charge in [0.2, 0.25) is 0 Å². The number of halogens is 2. The van der Waals surface area contributed by atoms with Crippen LogP contribution in [0.2, 0.25) is 10.0 Å². The van der Waals surface area contributed by atoms with Crippen LogP contribution in [0.25, 0.3) is 0 Å². The van der Waals surface area contributed by atoms with Crippen molar-refractivity contribution in [1.82, 2.24) is 0 Å². The van der Waals surface area contributed by atoms with E-state index in [0.717, 1.165) is 17.5 Å². The van der Waals surface area contributed by atoms with E-state index in [0.29, 0.717) is 16.5 Å². The molecule has 2 rings (SSSR count). The monoisotopic (exact) mass is 231 g/mol. The molecule has 1 aliphatic carbocycles. The summed E-state index contributed by atoms with van der Waals surface area (Å²) in [5, 5.41) is 10.8. The number of aliphatic hydroxyl groups excluding tert-OH is 1. The Bertz CT molecular complexity index is 367. The van der Waals surface area contributed by atoms with Gasteiger partial charge in [-0.05, 0) is 36.1 Å². The molecule has 4 heteroatoms. The summed E-state index contributed by atoms with van der Waals surface area (Å²) in [5.41, 5.74) is 7.76. The fourth-order valence-electron chi connectivity index (χ4n) is 1.86. The van der Waals surface area contributed by atoms with Crippen molar-refractivity contribution in [3.05, 3.63) is 33.3 Å². The first-order chi connectivity index (χ1) is 6.59. The van der Waals surface area contributed by atoms with Crippen LogP contribution in [-0.2, 0) is 6.42 Å². The number of aliphatic hydroxyl groups is 1. The highest BCUT2D eigenvalue weighted by Gasteiger charge is 2.26. The first kappa shape index (κ1) is 10.2. The van der Waals surface area contributed by atoms with Crippen LogP contribution in [0.15, 0.2) is 12.1 Å².